The average molecular weight is 501 g/mol. The predicted octanol–water partition coefficient (Wildman–Crippen LogP) is 3.36. The summed E-state index contributed by atoms with van der Waals surface area (Å²) in [5.74, 6) is 0.232. The molecule has 2 heterocycles. The molecule has 0 aliphatic carbocycles. The van der Waals surface area contributed by atoms with E-state index in [0.717, 1.165) is 0 Å². The van der Waals surface area contributed by atoms with Crippen LogP contribution in [-0.2, 0) is 19.9 Å². The average Bonchev–Trinajstić information content (AvgIpc) is 3.08. The number of aromatic nitrogens is 2. The Kier molecular flexibility index (Phi) is 5.76. The fraction of sp³-hybridized carbons (Fsp3) is 0.263. The van der Waals surface area contributed by atoms with Crippen LogP contribution >= 0.6 is 23.2 Å². The molecule has 1 atom stereocenters. The number of rotatable bonds is 5. The van der Waals surface area contributed by atoms with Crippen LogP contribution in [0.2, 0.25) is 10.0 Å². The van der Waals surface area contributed by atoms with Crippen LogP contribution < -0.4 is 9.62 Å². The number of sulfone groups is 1. The van der Waals surface area contributed by atoms with Crippen LogP contribution in [0.5, 0.6) is 0 Å². The molecule has 1 N–H and O–H groups in total. The van der Waals surface area contributed by atoms with Crippen molar-refractivity contribution >= 4 is 65.7 Å². The SMILES string of the molecule is CN(c1nc2ccccc2nc1NS(=O)(=O)c1cc(Cl)ccc1Cl)[C@@H]1CCS(=O)(=O)C1. The minimum atomic E-state index is -4.15. The van der Waals surface area contributed by atoms with Gasteiger partial charge in [-0.05, 0) is 36.8 Å². The van der Waals surface area contributed by atoms with Crippen molar-refractivity contribution in [1.82, 2.24) is 9.97 Å². The molecule has 0 unspecified atom stereocenters. The first-order valence-electron chi connectivity index (χ1n) is 9.24. The first-order chi connectivity index (χ1) is 14.6. The Balaban J connectivity index is 1.81. The van der Waals surface area contributed by atoms with Gasteiger partial charge in [-0.1, -0.05) is 35.3 Å². The lowest BCUT2D eigenvalue weighted by Gasteiger charge is -2.26. The highest BCUT2D eigenvalue weighted by Gasteiger charge is 2.33. The van der Waals surface area contributed by atoms with E-state index in [-0.39, 0.29) is 44.1 Å². The fourth-order valence-electron chi connectivity index (χ4n) is 3.42. The second-order valence-corrected chi connectivity index (χ2v) is 12.0. The zero-order valence-corrected chi connectivity index (χ0v) is 19.4. The summed E-state index contributed by atoms with van der Waals surface area (Å²) < 4.78 is 52.5. The minimum Gasteiger partial charge on any atom is -0.353 e. The summed E-state index contributed by atoms with van der Waals surface area (Å²) >= 11 is 12.0. The van der Waals surface area contributed by atoms with Gasteiger partial charge in [0.05, 0.1) is 27.6 Å². The van der Waals surface area contributed by atoms with Crippen LogP contribution in [0.4, 0.5) is 11.6 Å². The Morgan fingerprint density at radius 2 is 1.77 bits per heavy atom. The highest BCUT2D eigenvalue weighted by Crippen LogP contribution is 2.32. The van der Waals surface area contributed by atoms with E-state index in [1.54, 1.807) is 36.2 Å². The Hall–Kier alpha value is -2.14. The van der Waals surface area contributed by atoms with E-state index in [0.29, 0.717) is 17.5 Å². The Morgan fingerprint density at radius 1 is 1.10 bits per heavy atom. The van der Waals surface area contributed by atoms with Gasteiger partial charge in [0.2, 0.25) is 0 Å². The largest absolute Gasteiger partial charge is 0.353 e. The van der Waals surface area contributed by atoms with Crippen LogP contribution in [0.1, 0.15) is 6.42 Å². The summed E-state index contributed by atoms with van der Waals surface area (Å²) in [6.45, 7) is 0. The summed E-state index contributed by atoms with van der Waals surface area (Å²) in [6, 6.07) is 10.8. The van der Waals surface area contributed by atoms with Crippen LogP contribution in [-0.4, -0.2) is 51.4 Å². The fourth-order valence-corrected chi connectivity index (χ4v) is 6.97. The number of nitrogens with zero attached hydrogens (tertiary/aromatic N) is 3. The van der Waals surface area contributed by atoms with Gasteiger partial charge < -0.3 is 4.90 Å². The molecular weight excluding hydrogens is 483 g/mol. The van der Waals surface area contributed by atoms with Crippen LogP contribution in [0.15, 0.2) is 47.4 Å². The van der Waals surface area contributed by atoms with Gasteiger partial charge in [-0.3, -0.25) is 4.72 Å². The van der Waals surface area contributed by atoms with Crippen molar-refractivity contribution in [1.29, 1.82) is 0 Å². The molecule has 1 aromatic heterocycles. The lowest BCUT2D eigenvalue weighted by Crippen LogP contribution is -2.34. The molecule has 1 saturated heterocycles. The van der Waals surface area contributed by atoms with E-state index in [9.17, 15) is 16.8 Å². The molecule has 0 bridgehead atoms. The van der Waals surface area contributed by atoms with Crippen molar-refractivity contribution in [3.8, 4) is 0 Å². The Bertz CT molecular complexity index is 1380. The molecule has 0 saturated carbocycles. The van der Waals surface area contributed by atoms with Crippen LogP contribution in [0.3, 0.4) is 0 Å². The second-order valence-electron chi connectivity index (χ2n) is 7.23. The van der Waals surface area contributed by atoms with Gasteiger partial charge in [0.1, 0.15) is 4.90 Å². The van der Waals surface area contributed by atoms with Gasteiger partial charge in [0.25, 0.3) is 10.0 Å². The lowest BCUT2D eigenvalue weighted by atomic mass is 10.2. The highest BCUT2D eigenvalue weighted by molar-refractivity contribution is 7.93. The maximum absolute atomic E-state index is 13.1. The molecule has 164 valence electrons. The van der Waals surface area contributed by atoms with E-state index in [1.165, 1.54) is 18.2 Å². The zero-order chi connectivity index (χ0) is 22.4. The molecule has 12 heteroatoms. The van der Waals surface area contributed by atoms with Crippen molar-refractivity contribution in [2.45, 2.75) is 17.4 Å². The van der Waals surface area contributed by atoms with E-state index < -0.39 is 19.9 Å². The van der Waals surface area contributed by atoms with E-state index in [1.807, 2.05) is 0 Å². The topological polar surface area (TPSA) is 109 Å². The minimum absolute atomic E-state index is 0.00226. The van der Waals surface area contributed by atoms with E-state index >= 15 is 0 Å². The molecule has 0 spiro atoms. The van der Waals surface area contributed by atoms with Crippen LogP contribution in [0.25, 0.3) is 11.0 Å². The van der Waals surface area contributed by atoms with Crippen molar-refractivity contribution < 1.29 is 16.8 Å². The molecule has 4 rings (SSSR count). The summed E-state index contributed by atoms with van der Waals surface area (Å²) in [4.78, 5) is 10.5. The van der Waals surface area contributed by atoms with E-state index in [4.69, 9.17) is 23.2 Å². The first kappa shape index (κ1) is 22.1. The summed E-state index contributed by atoms with van der Waals surface area (Å²) in [5.41, 5.74) is 1.03. The smallest absolute Gasteiger partial charge is 0.264 e. The number of halogens is 2. The number of para-hydroxylation sites is 2. The molecule has 1 aliphatic heterocycles. The maximum atomic E-state index is 13.1. The van der Waals surface area contributed by atoms with Gasteiger partial charge in [0, 0.05) is 18.1 Å². The maximum Gasteiger partial charge on any atom is 0.264 e. The number of hydrogen-bond acceptors (Lipinski definition) is 7. The van der Waals surface area contributed by atoms with Crippen molar-refractivity contribution in [2.75, 3.05) is 28.2 Å². The normalized spacial score (nSPS) is 18.2. The zero-order valence-electron chi connectivity index (χ0n) is 16.3. The molecule has 1 fully saturated rings. The molecular formula is C19H18Cl2N4O4S2. The molecule has 0 amide bonds. The number of fused-ring (bicyclic) bond motifs is 1. The standard InChI is InChI=1S/C19H18Cl2N4O4S2/c1-25(13-8-9-30(26,27)11-13)19-18(22-15-4-2-3-5-16(15)23-19)24-31(28,29)17-10-12(20)6-7-14(17)21/h2-7,10,13H,8-9,11H2,1H3,(H,22,24)/t13-/m1/s1. The van der Waals surface area contributed by atoms with Crippen molar-refractivity contribution in [3.05, 3.63) is 52.5 Å². The van der Waals surface area contributed by atoms with Crippen molar-refractivity contribution in [3.63, 3.8) is 0 Å². The lowest BCUT2D eigenvalue weighted by molar-refractivity contribution is 0.598. The molecule has 31 heavy (non-hydrogen) atoms. The Labute approximate surface area is 190 Å². The van der Waals surface area contributed by atoms with Gasteiger partial charge in [0.15, 0.2) is 21.5 Å². The van der Waals surface area contributed by atoms with Crippen molar-refractivity contribution in [2.24, 2.45) is 0 Å². The highest BCUT2D eigenvalue weighted by atomic mass is 35.5. The number of anilines is 2. The Morgan fingerprint density at radius 3 is 2.42 bits per heavy atom. The second kappa shape index (κ2) is 8.09. The summed E-state index contributed by atoms with van der Waals surface area (Å²) in [5, 5.41) is 0.213. The number of nitrogens with one attached hydrogen (secondary N) is 1. The molecule has 3 aromatic rings. The first-order valence-corrected chi connectivity index (χ1v) is 13.3. The van der Waals surface area contributed by atoms with E-state index in [2.05, 4.69) is 14.7 Å². The molecule has 0 radical (unpaired) electrons. The molecule has 8 nitrogen and oxygen atoms in total. The monoisotopic (exact) mass is 500 g/mol. The van der Waals surface area contributed by atoms with Crippen LogP contribution in [0, 0.1) is 0 Å². The quantitative estimate of drug-likeness (QED) is 0.571. The number of benzene rings is 2. The van der Waals surface area contributed by atoms with Gasteiger partial charge in [-0.25, -0.2) is 26.8 Å². The number of sulfonamides is 1. The van der Waals surface area contributed by atoms with Gasteiger partial charge in [-0.2, -0.15) is 0 Å². The predicted molar refractivity (Wildman–Crippen MR) is 122 cm³/mol. The molecule has 1 aliphatic rings. The van der Waals surface area contributed by atoms with Gasteiger partial charge in [-0.15, -0.1) is 0 Å². The summed E-state index contributed by atoms with van der Waals surface area (Å²) in [6.07, 6.45) is 0.416. The third-order valence-corrected chi connectivity index (χ3v) is 8.86. The van der Waals surface area contributed by atoms with Gasteiger partial charge >= 0.3 is 0 Å². The summed E-state index contributed by atoms with van der Waals surface area (Å²) in [7, 11) is -5.63. The number of hydrogen-bond donors (Lipinski definition) is 1. The third-order valence-electron chi connectivity index (χ3n) is 5.06. The molecule has 2 aromatic carbocycles. The third kappa shape index (κ3) is 4.57.